The van der Waals surface area contributed by atoms with E-state index in [4.69, 9.17) is 9.73 Å². The number of pyridine rings is 1. The average molecular weight is 333 g/mol. The SMILES string of the molecule is CCNC(=NCc1cccc(N(C)C)n1)N1CCC(OCC)CC1. The predicted octanol–water partition coefficient (Wildman–Crippen LogP) is 2.11. The molecule has 6 nitrogen and oxygen atoms in total. The summed E-state index contributed by atoms with van der Waals surface area (Å²) in [6.07, 6.45) is 2.52. The van der Waals surface area contributed by atoms with Gasteiger partial charge < -0.3 is 19.9 Å². The van der Waals surface area contributed by atoms with Crippen molar-refractivity contribution in [2.75, 3.05) is 45.2 Å². The van der Waals surface area contributed by atoms with Gasteiger partial charge in [-0.3, -0.25) is 0 Å². The summed E-state index contributed by atoms with van der Waals surface area (Å²) in [6.45, 7) is 8.40. The Morgan fingerprint density at radius 3 is 2.71 bits per heavy atom. The van der Waals surface area contributed by atoms with Gasteiger partial charge in [0.2, 0.25) is 0 Å². The molecular weight excluding hydrogens is 302 g/mol. The Hall–Kier alpha value is -1.82. The number of guanidine groups is 1. The molecule has 6 heteroatoms. The Balaban J connectivity index is 1.99. The normalized spacial score (nSPS) is 16.3. The quantitative estimate of drug-likeness (QED) is 0.638. The lowest BCUT2D eigenvalue weighted by molar-refractivity contribution is 0.0263. The van der Waals surface area contributed by atoms with Gasteiger partial charge in [0, 0.05) is 40.3 Å². The third-order valence-corrected chi connectivity index (χ3v) is 4.12. The van der Waals surface area contributed by atoms with Gasteiger partial charge in [-0.25, -0.2) is 9.98 Å². The van der Waals surface area contributed by atoms with Crippen LogP contribution in [0.2, 0.25) is 0 Å². The molecule has 1 fully saturated rings. The molecule has 1 N–H and O–H groups in total. The molecule has 1 aromatic heterocycles. The van der Waals surface area contributed by atoms with Crippen molar-refractivity contribution in [2.24, 2.45) is 4.99 Å². The van der Waals surface area contributed by atoms with E-state index in [-0.39, 0.29) is 0 Å². The molecule has 0 aromatic carbocycles. The Morgan fingerprint density at radius 2 is 2.08 bits per heavy atom. The maximum atomic E-state index is 5.73. The summed E-state index contributed by atoms with van der Waals surface area (Å²) in [5, 5.41) is 3.40. The molecule has 0 bridgehead atoms. The number of likely N-dealkylation sites (tertiary alicyclic amines) is 1. The number of piperidine rings is 1. The standard InChI is InChI=1S/C18H31N5O/c1-5-19-18(23-12-10-16(11-13-23)24-6-2)20-14-15-8-7-9-17(21-15)22(3)4/h7-9,16H,5-6,10-14H2,1-4H3,(H,19,20). The molecular formula is C18H31N5O. The molecule has 0 unspecified atom stereocenters. The van der Waals surface area contributed by atoms with Crippen molar-refractivity contribution >= 4 is 11.8 Å². The molecule has 134 valence electrons. The van der Waals surface area contributed by atoms with Gasteiger partial charge in [0.25, 0.3) is 0 Å². The van der Waals surface area contributed by atoms with Gasteiger partial charge in [0.1, 0.15) is 5.82 Å². The van der Waals surface area contributed by atoms with Crippen LogP contribution in [0.4, 0.5) is 5.82 Å². The van der Waals surface area contributed by atoms with Gasteiger partial charge in [0.05, 0.1) is 18.3 Å². The molecule has 1 aliphatic rings. The molecule has 24 heavy (non-hydrogen) atoms. The molecule has 2 heterocycles. The van der Waals surface area contributed by atoms with Crippen LogP contribution in [0.5, 0.6) is 0 Å². The van der Waals surface area contributed by atoms with Crippen molar-refractivity contribution < 1.29 is 4.74 Å². The molecule has 0 saturated carbocycles. The number of aliphatic imine (C=N–C) groups is 1. The zero-order chi connectivity index (χ0) is 17.4. The minimum atomic E-state index is 0.396. The Labute approximate surface area is 145 Å². The highest BCUT2D eigenvalue weighted by Crippen LogP contribution is 2.14. The first kappa shape index (κ1) is 18.5. The summed E-state index contributed by atoms with van der Waals surface area (Å²) in [4.78, 5) is 13.8. The number of rotatable bonds is 6. The van der Waals surface area contributed by atoms with Crippen LogP contribution in [0.25, 0.3) is 0 Å². The van der Waals surface area contributed by atoms with Crippen LogP contribution in [0.15, 0.2) is 23.2 Å². The van der Waals surface area contributed by atoms with Crippen LogP contribution in [-0.2, 0) is 11.3 Å². The summed E-state index contributed by atoms with van der Waals surface area (Å²) in [5.74, 6) is 1.94. The topological polar surface area (TPSA) is 53.0 Å². The molecule has 0 atom stereocenters. The summed E-state index contributed by atoms with van der Waals surface area (Å²) < 4.78 is 5.73. The van der Waals surface area contributed by atoms with Crippen molar-refractivity contribution in [1.29, 1.82) is 0 Å². The summed E-state index contributed by atoms with van der Waals surface area (Å²) >= 11 is 0. The first-order valence-corrected chi connectivity index (χ1v) is 8.92. The number of nitrogens with zero attached hydrogens (tertiary/aromatic N) is 4. The van der Waals surface area contributed by atoms with Crippen LogP contribution in [0.1, 0.15) is 32.4 Å². The van der Waals surface area contributed by atoms with Crippen molar-refractivity contribution in [3.8, 4) is 0 Å². The van der Waals surface area contributed by atoms with Crippen LogP contribution < -0.4 is 10.2 Å². The zero-order valence-corrected chi connectivity index (χ0v) is 15.5. The van der Waals surface area contributed by atoms with E-state index in [0.29, 0.717) is 12.6 Å². The number of hydrogen-bond acceptors (Lipinski definition) is 4. The lowest BCUT2D eigenvalue weighted by atomic mass is 10.1. The molecule has 1 aliphatic heterocycles. The molecule has 0 aliphatic carbocycles. The van der Waals surface area contributed by atoms with E-state index in [1.807, 2.05) is 37.2 Å². The van der Waals surface area contributed by atoms with Gasteiger partial charge in [0.15, 0.2) is 5.96 Å². The van der Waals surface area contributed by atoms with E-state index in [1.54, 1.807) is 0 Å². The molecule has 1 aromatic rings. The third kappa shape index (κ3) is 5.37. The summed E-state index contributed by atoms with van der Waals surface area (Å²) in [5.41, 5.74) is 0.987. The summed E-state index contributed by atoms with van der Waals surface area (Å²) in [6, 6.07) is 6.08. The van der Waals surface area contributed by atoms with E-state index in [9.17, 15) is 0 Å². The second-order valence-electron chi connectivity index (χ2n) is 6.19. The predicted molar refractivity (Wildman–Crippen MR) is 99.6 cm³/mol. The maximum Gasteiger partial charge on any atom is 0.194 e. The first-order valence-electron chi connectivity index (χ1n) is 8.92. The second-order valence-corrected chi connectivity index (χ2v) is 6.19. The molecule has 0 radical (unpaired) electrons. The summed E-state index contributed by atoms with van der Waals surface area (Å²) in [7, 11) is 4.00. The number of hydrogen-bond donors (Lipinski definition) is 1. The van der Waals surface area contributed by atoms with Gasteiger partial charge >= 0.3 is 0 Å². The number of ether oxygens (including phenoxy) is 1. The van der Waals surface area contributed by atoms with E-state index >= 15 is 0 Å². The van der Waals surface area contributed by atoms with Crippen LogP contribution >= 0.6 is 0 Å². The number of nitrogens with one attached hydrogen (secondary N) is 1. The highest BCUT2D eigenvalue weighted by Gasteiger charge is 2.21. The van der Waals surface area contributed by atoms with E-state index in [2.05, 4.69) is 29.0 Å². The van der Waals surface area contributed by atoms with Gasteiger partial charge in [-0.2, -0.15) is 0 Å². The van der Waals surface area contributed by atoms with Crippen LogP contribution in [-0.4, -0.2) is 62.3 Å². The van der Waals surface area contributed by atoms with E-state index < -0.39 is 0 Å². The van der Waals surface area contributed by atoms with Crippen molar-refractivity contribution in [2.45, 2.75) is 39.3 Å². The van der Waals surface area contributed by atoms with E-state index in [1.165, 1.54) is 0 Å². The minimum absolute atomic E-state index is 0.396. The smallest absolute Gasteiger partial charge is 0.194 e. The second kappa shape index (κ2) is 9.47. The van der Waals surface area contributed by atoms with Crippen molar-refractivity contribution in [3.63, 3.8) is 0 Å². The molecule has 0 amide bonds. The Kier molecular flexibility index (Phi) is 7.31. The molecule has 0 spiro atoms. The fourth-order valence-electron chi connectivity index (χ4n) is 2.86. The molecule has 1 saturated heterocycles. The fraction of sp³-hybridized carbons (Fsp3) is 0.667. The maximum absolute atomic E-state index is 5.73. The van der Waals surface area contributed by atoms with E-state index in [0.717, 1.165) is 56.6 Å². The highest BCUT2D eigenvalue weighted by molar-refractivity contribution is 5.80. The monoisotopic (exact) mass is 333 g/mol. The van der Waals surface area contributed by atoms with Crippen molar-refractivity contribution in [3.05, 3.63) is 23.9 Å². The largest absolute Gasteiger partial charge is 0.378 e. The van der Waals surface area contributed by atoms with Gasteiger partial charge in [-0.05, 0) is 38.8 Å². The Bertz CT molecular complexity index is 524. The minimum Gasteiger partial charge on any atom is -0.378 e. The molecule has 2 rings (SSSR count). The third-order valence-electron chi connectivity index (χ3n) is 4.12. The zero-order valence-electron chi connectivity index (χ0n) is 15.5. The number of anilines is 1. The van der Waals surface area contributed by atoms with Crippen LogP contribution in [0.3, 0.4) is 0 Å². The van der Waals surface area contributed by atoms with Crippen molar-refractivity contribution in [1.82, 2.24) is 15.2 Å². The lowest BCUT2D eigenvalue weighted by Crippen LogP contribution is -2.47. The lowest BCUT2D eigenvalue weighted by Gasteiger charge is -2.34. The average Bonchev–Trinajstić information content (AvgIpc) is 2.60. The van der Waals surface area contributed by atoms with Gasteiger partial charge in [-0.1, -0.05) is 6.07 Å². The Morgan fingerprint density at radius 1 is 1.33 bits per heavy atom. The highest BCUT2D eigenvalue weighted by atomic mass is 16.5. The van der Waals surface area contributed by atoms with Crippen LogP contribution in [0, 0.1) is 0 Å². The first-order chi connectivity index (χ1) is 11.6. The van der Waals surface area contributed by atoms with Gasteiger partial charge in [-0.15, -0.1) is 0 Å². The number of aromatic nitrogens is 1. The fourth-order valence-corrected chi connectivity index (χ4v) is 2.86.